The van der Waals surface area contributed by atoms with Gasteiger partial charge in [0, 0.05) is 18.7 Å². The molecule has 142 valence electrons. The minimum Gasteiger partial charge on any atom is -0.447 e. The number of nitrogens with zero attached hydrogens (tertiary/aromatic N) is 1. The van der Waals surface area contributed by atoms with Gasteiger partial charge in [-0.15, -0.1) is 0 Å². The maximum absolute atomic E-state index is 13.0. The standard InChI is InChI=1S/C24H23NO3/c26-22(17-20-13-8-12-18-9-4-5-14-21(18)20)28-23(19-10-2-1-3-11-19)24(27)25-15-6-7-16-25/h1-5,8-14,23H,6-7,15-17H2/t23-/m0/s1. The highest BCUT2D eigenvalue weighted by molar-refractivity contribution is 5.90. The van der Waals surface area contributed by atoms with E-state index in [1.807, 2.05) is 72.8 Å². The average molecular weight is 373 g/mol. The lowest BCUT2D eigenvalue weighted by Gasteiger charge is -2.23. The molecule has 1 fully saturated rings. The first kappa shape index (κ1) is 18.2. The molecule has 1 saturated heterocycles. The molecule has 0 saturated carbocycles. The Kier molecular flexibility index (Phi) is 5.38. The number of hydrogen-bond donors (Lipinski definition) is 0. The molecule has 1 amide bonds. The summed E-state index contributed by atoms with van der Waals surface area (Å²) in [7, 11) is 0. The van der Waals surface area contributed by atoms with Crippen molar-refractivity contribution in [2.24, 2.45) is 0 Å². The van der Waals surface area contributed by atoms with E-state index in [1.54, 1.807) is 4.90 Å². The van der Waals surface area contributed by atoms with E-state index in [-0.39, 0.29) is 12.3 Å². The number of ether oxygens (including phenoxy) is 1. The molecule has 3 aromatic carbocycles. The van der Waals surface area contributed by atoms with E-state index in [2.05, 4.69) is 0 Å². The average Bonchev–Trinajstić information content (AvgIpc) is 3.27. The van der Waals surface area contributed by atoms with Gasteiger partial charge < -0.3 is 9.64 Å². The van der Waals surface area contributed by atoms with Crippen LogP contribution in [0.15, 0.2) is 72.8 Å². The Morgan fingerprint density at radius 3 is 2.32 bits per heavy atom. The summed E-state index contributed by atoms with van der Waals surface area (Å²) < 4.78 is 5.73. The fourth-order valence-electron chi connectivity index (χ4n) is 3.77. The topological polar surface area (TPSA) is 46.6 Å². The van der Waals surface area contributed by atoms with Gasteiger partial charge in [-0.25, -0.2) is 0 Å². The second-order valence-corrected chi connectivity index (χ2v) is 7.13. The fourth-order valence-corrected chi connectivity index (χ4v) is 3.77. The number of carbonyl (C=O) groups is 2. The number of fused-ring (bicyclic) bond motifs is 1. The quantitative estimate of drug-likeness (QED) is 0.627. The summed E-state index contributed by atoms with van der Waals surface area (Å²) in [4.78, 5) is 27.6. The van der Waals surface area contributed by atoms with Gasteiger partial charge in [0.15, 0.2) is 0 Å². The molecule has 0 spiro atoms. The van der Waals surface area contributed by atoms with Crippen molar-refractivity contribution < 1.29 is 14.3 Å². The largest absolute Gasteiger partial charge is 0.447 e. The van der Waals surface area contributed by atoms with Crippen molar-refractivity contribution in [2.75, 3.05) is 13.1 Å². The highest BCUT2D eigenvalue weighted by Crippen LogP contribution is 2.25. The minimum atomic E-state index is -0.887. The second-order valence-electron chi connectivity index (χ2n) is 7.13. The van der Waals surface area contributed by atoms with Crippen LogP contribution in [0.4, 0.5) is 0 Å². The first-order chi connectivity index (χ1) is 13.7. The third-order valence-electron chi connectivity index (χ3n) is 5.21. The lowest BCUT2D eigenvalue weighted by Crippen LogP contribution is -2.35. The van der Waals surface area contributed by atoms with Crippen molar-refractivity contribution in [2.45, 2.75) is 25.4 Å². The summed E-state index contributed by atoms with van der Waals surface area (Å²) in [6, 6.07) is 23.1. The van der Waals surface area contributed by atoms with Crippen LogP contribution >= 0.6 is 0 Å². The molecule has 0 radical (unpaired) electrons. The predicted molar refractivity (Wildman–Crippen MR) is 109 cm³/mol. The van der Waals surface area contributed by atoms with Crippen LogP contribution in [0, 0.1) is 0 Å². The summed E-state index contributed by atoms with van der Waals surface area (Å²) in [5.74, 6) is -0.521. The van der Waals surface area contributed by atoms with Gasteiger partial charge in [0.1, 0.15) is 0 Å². The van der Waals surface area contributed by atoms with E-state index < -0.39 is 12.1 Å². The van der Waals surface area contributed by atoms with Gasteiger partial charge in [0.2, 0.25) is 6.10 Å². The third-order valence-corrected chi connectivity index (χ3v) is 5.21. The molecular formula is C24H23NO3. The van der Waals surface area contributed by atoms with E-state index in [0.29, 0.717) is 5.56 Å². The Morgan fingerprint density at radius 2 is 1.54 bits per heavy atom. The van der Waals surface area contributed by atoms with E-state index in [1.165, 1.54) is 0 Å². The van der Waals surface area contributed by atoms with E-state index in [4.69, 9.17) is 4.74 Å². The first-order valence-corrected chi connectivity index (χ1v) is 9.72. The number of esters is 1. The van der Waals surface area contributed by atoms with Gasteiger partial charge >= 0.3 is 5.97 Å². The maximum Gasteiger partial charge on any atom is 0.311 e. The fraction of sp³-hybridized carbons (Fsp3) is 0.250. The zero-order valence-electron chi connectivity index (χ0n) is 15.7. The van der Waals surface area contributed by atoms with Crippen LogP contribution in [-0.2, 0) is 20.7 Å². The van der Waals surface area contributed by atoms with Crippen LogP contribution in [0.1, 0.15) is 30.1 Å². The molecule has 1 heterocycles. The van der Waals surface area contributed by atoms with Gasteiger partial charge in [-0.2, -0.15) is 0 Å². The molecule has 1 aliphatic heterocycles. The predicted octanol–water partition coefficient (Wildman–Crippen LogP) is 4.29. The monoisotopic (exact) mass is 373 g/mol. The molecule has 4 heteroatoms. The van der Waals surface area contributed by atoms with Crippen LogP contribution in [0.5, 0.6) is 0 Å². The van der Waals surface area contributed by atoms with Crippen molar-refractivity contribution >= 4 is 22.6 Å². The van der Waals surface area contributed by atoms with Gasteiger partial charge in [0.05, 0.1) is 6.42 Å². The Bertz CT molecular complexity index is 972. The SMILES string of the molecule is O=C(Cc1cccc2ccccc12)O[C@H](C(=O)N1CCCC1)c1ccccc1. The third kappa shape index (κ3) is 3.91. The first-order valence-electron chi connectivity index (χ1n) is 9.72. The molecule has 4 nitrogen and oxygen atoms in total. The molecule has 0 bridgehead atoms. The second kappa shape index (κ2) is 8.26. The summed E-state index contributed by atoms with van der Waals surface area (Å²) in [6.45, 7) is 1.45. The van der Waals surface area contributed by atoms with Crippen molar-refractivity contribution in [1.29, 1.82) is 0 Å². The van der Waals surface area contributed by atoms with E-state index >= 15 is 0 Å². The van der Waals surface area contributed by atoms with Gasteiger partial charge in [-0.1, -0.05) is 72.8 Å². The number of benzene rings is 3. The molecule has 0 unspecified atom stereocenters. The highest BCUT2D eigenvalue weighted by atomic mass is 16.5. The van der Waals surface area contributed by atoms with Crippen LogP contribution in [0.25, 0.3) is 10.8 Å². The van der Waals surface area contributed by atoms with Crippen molar-refractivity contribution in [3.8, 4) is 0 Å². The summed E-state index contributed by atoms with van der Waals surface area (Å²) in [5.41, 5.74) is 1.62. The zero-order chi connectivity index (χ0) is 19.3. The molecule has 4 rings (SSSR count). The number of rotatable bonds is 5. The molecule has 3 aromatic rings. The maximum atomic E-state index is 13.0. The van der Waals surface area contributed by atoms with Crippen LogP contribution in [-0.4, -0.2) is 29.9 Å². The van der Waals surface area contributed by atoms with Crippen LogP contribution < -0.4 is 0 Å². The number of hydrogen-bond acceptors (Lipinski definition) is 3. The van der Waals surface area contributed by atoms with Crippen molar-refractivity contribution in [1.82, 2.24) is 4.90 Å². The van der Waals surface area contributed by atoms with Gasteiger partial charge in [0.25, 0.3) is 5.91 Å². The Labute approximate surface area is 164 Å². The molecular weight excluding hydrogens is 350 g/mol. The summed E-state index contributed by atoms with van der Waals surface area (Å²) >= 11 is 0. The van der Waals surface area contributed by atoms with E-state index in [9.17, 15) is 9.59 Å². The number of likely N-dealkylation sites (tertiary alicyclic amines) is 1. The zero-order valence-corrected chi connectivity index (χ0v) is 15.7. The Morgan fingerprint density at radius 1 is 0.857 bits per heavy atom. The molecule has 28 heavy (non-hydrogen) atoms. The highest BCUT2D eigenvalue weighted by Gasteiger charge is 2.30. The lowest BCUT2D eigenvalue weighted by molar-refractivity contribution is -0.160. The number of amides is 1. The molecule has 0 N–H and O–H groups in total. The molecule has 0 aliphatic carbocycles. The van der Waals surface area contributed by atoms with Gasteiger partial charge in [-0.05, 0) is 29.2 Å². The molecule has 0 aromatic heterocycles. The molecule has 1 aliphatic rings. The van der Waals surface area contributed by atoms with Crippen LogP contribution in [0.3, 0.4) is 0 Å². The van der Waals surface area contributed by atoms with Gasteiger partial charge in [-0.3, -0.25) is 9.59 Å². The van der Waals surface area contributed by atoms with Crippen LogP contribution in [0.2, 0.25) is 0 Å². The smallest absolute Gasteiger partial charge is 0.311 e. The minimum absolute atomic E-state index is 0.130. The number of carbonyl (C=O) groups excluding carboxylic acids is 2. The lowest BCUT2D eigenvalue weighted by atomic mass is 10.0. The van der Waals surface area contributed by atoms with Crippen molar-refractivity contribution in [3.63, 3.8) is 0 Å². The van der Waals surface area contributed by atoms with Crippen molar-refractivity contribution in [3.05, 3.63) is 83.9 Å². The Balaban J connectivity index is 1.56. The normalized spacial score (nSPS) is 14.8. The Hall–Kier alpha value is -3.14. The summed E-state index contributed by atoms with van der Waals surface area (Å²) in [5, 5.41) is 2.12. The summed E-state index contributed by atoms with van der Waals surface area (Å²) in [6.07, 6.45) is 1.24. The van der Waals surface area contributed by atoms with E-state index in [0.717, 1.165) is 42.3 Å². The molecule has 1 atom stereocenters.